The average Bonchev–Trinajstić information content (AvgIpc) is 3.07. The number of pyridine rings is 1. The van der Waals surface area contributed by atoms with E-state index in [9.17, 15) is 4.79 Å². The molecule has 3 rings (SSSR count). The van der Waals surface area contributed by atoms with Gasteiger partial charge in [0.15, 0.2) is 0 Å². The molecular formula is C18H21N3O2. The van der Waals surface area contributed by atoms with Crippen molar-refractivity contribution in [3.05, 3.63) is 59.9 Å². The molecule has 2 amide bonds. The van der Waals surface area contributed by atoms with Gasteiger partial charge in [0, 0.05) is 37.3 Å². The average molecular weight is 311 g/mol. The normalized spacial score (nSPS) is 17.3. The lowest BCUT2D eigenvalue weighted by molar-refractivity contribution is 0.185. The highest BCUT2D eigenvalue weighted by atomic mass is 16.5. The van der Waals surface area contributed by atoms with Crippen LogP contribution in [-0.4, -0.2) is 29.6 Å². The molecule has 0 radical (unpaired) electrons. The Morgan fingerprint density at radius 1 is 1.30 bits per heavy atom. The number of benzene rings is 1. The molecule has 23 heavy (non-hydrogen) atoms. The molecule has 0 bridgehead atoms. The standard InChI is InChI=1S/C18H21N3O2/c1-23-13-15-5-2-3-6-16(15)20-18(22)21-12-4-7-17(21)14-8-10-19-11-9-14/h2-3,5-6,8-11,17H,4,7,12-13H2,1H3,(H,20,22). The van der Waals surface area contributed by atoms with Gasteiger partial charge in [0.2, 0.25) is 0 Å². The number of aromatic nitrogens is 1. The van der Waals surface area contributed by atoms with Crippen molar-refractivity contribution in [1.82, 2.24) is 9.88 Å². The highest BCUT2D eigenvalue weighted by Gasteiger charge is 2.30. The molecule has 2 heterocycles. The van der Waals surface area contributed by atoms with Crippen molar-refractivity contribution in [1.29, 1.82) is 0 Å². The number of urea groups is 1. The maximum Gasteiger partial charge on any atom is 0.322 e. The molecule has 1 aliphatic rings. The van der Waals surface area contributed by atoms with Crippen LogP contribution in [0.2, 0.25) is 0 Å². The molecule has 1 saturated heterocycles. The molecule has 5 heteroatoms. The van der Waals surface area contributed by atoms with E-state index in [4.69, 9.17) is 4.74 Å². The van der Waals surface area contributed by atoms with Crippen molar-refractivity contribution in [2.24, 2.45) is 0 Å². The molecule has 1 aromatic carbocycles. The Balaban J connectivity index is 1.75. The first kappa shape index (κ1) is 15.5. The van der Waals surface area contributed by atoms with Crippen LogP contribution in [0.4, 0.5) is 10.5 Å². The molecule has 120 valence electrons. The fourth-order valence-electron chi connectivity index (χ4n) is 3.05. The van der Waals surface area contributed by atoms with Gasteiger partial charge in [-0.25, -0.2) is 4.79 Å². The molecule has 0 spiro atoms. The second kappa shape index (κ2) is 7.24. The van der Waals surface area contributed by atoms with E-state index < -0.39 is 0 Å². The number of hydrogen-bond donors (Lipinski definition) is 1. The molecular weight excluding hydrogens is 290 g/mol. The zero-order valence-electron chi connectivity index (χ0n) is 13.2. The lowest BCUT2D eigenvalue weighted by Crippen LogP contribution is -2.34. The first-order valence-electron chi connectivity index (χ1n) is 7.84. The number of anilines is 1. The first-order chi connectivity index (χ1) is 11.3. The first-order valence-corrected chi connectivity index (χ1v) is 7.84. The molecule has 1 unspecified atom stereocenters. The Bertz CT molecular complexity index is 660. The molecule has 0 aliphatic carbocycles. The largest absolute Gasteiger partial charge is 0.380 e. The Labute approximate surface area is 136 Å². The van der Waals surface area contributed by atoms with E-state index in [2.05, 4.69) is 10.3 Å². The van der Waals surface area contributed by atoms with Crippen molar-refractivity contribution in [2.45, 2.75) is 25.5 Å². The summed E-state index contributed by atoms with van der Waals surface area (Å²) < 4.78 is 5.19. The molecule has 1 aromatic heterocycles. The number of carbonyl (C=O) groups is 1. The highest BCUT2D eigenvalue weighted by molar-refractivity contribution is 5.90. The van der Waals surface area contributed by atoms with Crippen LogP contribution < -0.4 is 5.32 Å². The molecule has 1 fully saturated rings. The number of carbonyl (C=O) groups excluding carboxylic acids is 1. The van der Waals surface area contributed by atoms with Crippen LogP contribution in [0.5, 0.6) is 0 Å². The lowest BCUT2D eigenvalue weighted by atomic mass is 10.1. The zero-order valence-corrected chi connectivity index (χ0v) is 13.2. The lowest BCUT2D eigenvalue weighted by Gasteiger charge is -2.25. The predicted octanol–water partition coefficient (Wildman–Crippen LogP) is 3.60. The molecule has 1 N–H and O–H groups in total. The third kappa shape index (κ3) is 3.51. The van der Waals surface area contributed by atoms with Crippen LogP contribution in [0.25, 0.3) is 0 Å². The summed E-state index contributed by atoms with van der Waals surface area (Å²) in [4.78, 5) is 18.7. The summed E-state index contributed by atoms with van der Waals surface area (Å²) in [5, 5.41) is 3.03. The second-order valence-electron chi connectivity index (χ2n) is 5.65. The van der Waals surface area contributed by atoms with Crippen LogP contribution in [0.3, 0.4) is 0 Å². The topological polar surface area (TPSA) is 54.5 Å². The van der Waals surface area contributed by atoms with Crippen LogP contribution in [0.15, 0.2) is 48.8 Å². The van der Waals surface area contributed by atoms with Crippen molar-refractivity contribution in [2.75, 3.05) is 19.0 Å². The van der Waals surface area contributed by atoms with Crippen molar-refractivity contribution in [3.63, 3.8) is 0 Å². The van der Waals surface area contributed by atoms with Gasteiger partial charge in [-0.05, 0) is 36.6 Å². The van der Waals surface area contributed by atoms with Gasteiger partial charge < -0.3 is 15.0 Å². The van der Waals surface area contributed by atoms with Crippen LogP contribution in [-0.2, 0) is 11.3 Å². The van der Waals surface area contributed by atoms with E-state index >= 15 is 0 Å². The van der Waals surface area contributed by atoms with Gasteiger partial charge in [0.25, 0.3) is 0 Å². The zero-order chi connectivity index (χ0) is 16.1. The summed E-state index contributed by atoms with van der Waals surface area (Å²) in [5.74, 6) is 0. The van der Waals surface area contributed by atoms with Crippen LogP contribution in [0.1, 0.15) is 30.0 Å². The number of hydrogen-bond acceptors (Lipinski definition) is 3. The van der Waals surface area contributed by atoms with Crippen molar-refractivity contribution >= 4 is 11.7 Å². The Morgan fingerprint density at radius 3 is 2.87 bits per heavy atom. The number of para-hydroxylation sites is 1. The van der Waals surface area contributed by atoms with E-state index in [1.54, 1.807) is 19.5 Å². The predicted molar refractivity (Wildman–Crippen MR) is 89.1 cm³/mol. The highest BCUT2D eigenvalue weighted by Crippen LogP contribution is 2.32. The number of rotatable bonds is 4. The van der Waals surface area contributed by atoms with E-state index in [-0.39, 0.29) is 12.1 Å². The number of nitrogens with zero attached hydrogens (tertiary/aromatic N) is 2. The van der Waals surface area contributed by atoms with Crippen LogP contribution >= 0.6 is 0 Å². The summed E-state index contributed by atoms with van der Waals surface area (Å²) in [6.07, 6.45) is 5.55. The molecule has 5 nitrogen and oxygen atoms in total. The fraction of sp³-hybridized carbons (Fsp3) is 0.333. The quantitative estimate of drug-likeness (QED) is 0.938. The minimum Gasteiger partial charge on any atom is -0.380 e. The van der Waals surface area contributed by atoms with Crippen LogP contribution in [0, 0.1) is 0 Å². The van der Waals surface area contributed by atoms with Crippen molar-refractivity contribution < 1.29 is 9.53 Å². The van der Waals surface area contributed by atoms with Gasteiger partial charge in [0.05, 0.1) is 12.6 Å². The summed E-state index contributed by atoms with van der Waals surface area (Å²) in [7, 11) is 1.65. The fourth-order valence-corrected chi connectivity index (χ4v) is 3.05. The maximum absolute atomic E-state index is 12.7. The third-order valence-electron chi connectivity index (χ3n) is 4.16. The number of methoxy groups -OCH3 is 1. The Kier molecular flexibility index (Phi) is 4.88. The smallest absolute Gasteiger partial charge is 0.322 e. The minimum atomic E-state index is -0.0622. The molecule has 1 aliphatic heterocycles. The maximum atomic E-state index is 12.7. The summed E-state index contributed by atoms with van der Waals surface area (Å²) in [6.45, 7) is 1.25. The van der Waals surface area contributed by atoms with Crippen molar-refractivity contribution in [3.8, 4) is 0 Å². The van der Waals surface area contributed by atoms with Gasteiger partial charge in [-0.3, -0.25) is 4.98 Å². The van der Waals surface area contributed by atoms with Gasteiger partial charge >= 0.3 is 6.03 Å². The molecule has 0 saturated carbocycles. The van der Waals surface area contributed by atoms with E-state index in [0.29, 0.717) is 6.61 Å². The van der Waals surface area contributed by atoms with Gasteiger partial charge in [-0.15, -0.1) is 0 Å². The van der Waals surface area contributed by atoms with E-state index in [0.717, 1.165) is 36.2 Å². The number of likely N-dealkylation sites (tertiary alicyclic amines) is 1. The van der Waals surface area contributed by atoms with Gasteiger partial charge in [0.1, 0.15) is 0 Å². The van der Waals surface area contributed by atoms with Gasteiger partial charge in [-0.1, -0.05) is 18.2 Å². The third-order valence-corrected chi connectivity index (χ3v) is 4.16. The number of nitrogens with one attached hydrogen (secondary N) is 1. The van der Waals surface area contributed by atoms with Gasteiger partial charge in [-0.2, -0.15) is 0 Å². The second-order valence-corrected chi connectivity index (χ2v) is 5.65. The minimum absolute atomic E-state index is 0.0622. The number of ether oxygens (including phenoxy) is 1. The summed E-state index contributed by atoms with van der Waals surface area (Å²) in [5.41, 5.74) is 2.92. The Morgan fingerprint density at radius 2 is 2.09 bits per heavy atom. The molecule has 1 atom stereocenters. The Hall–Kier alpha value is -2.40. The summed E-state index contributed by atoms with van der Waals surface area (Å²) >= 11 is 0. The molecule has 2 aromatic rings. The number of amides is 2. The summed E-state index contributed by atoms with van der Waals surface area (Å²) in [6, 6.07) is 11.7. The monoisotopic (exact) mass is 311 g/mol. The van der Waals surface area contributed by atoms with E-state index in [1.165, 1.54) is 0 Å². The van der Waals surface area contributed by atoms with E-state index in [1.807, 2.05) is 41.3 Å². The SMILES string of the molecule is COCc1ccccc1NC(=O)N1CCCC1c1ccncc1.